The first-order chi connectivity index (χ1) is 10.1. The molecule has 1 N–H and O–H groups in total. The van der Waals surface area contributed by atoms with Gasteiger partial charge in [0.1, 0.15) is 5.75 Å². The van der Waals surface area contributed by atoms with Gasteiger partial charge in [0.2, 0.25) is 5.91 Å². The molecule has 1 aliphatic rings. The normalized spacial score (nSPS) is 18.1. The number of para-hydroxylation sites is 1. The molecule has 0 aliphatic carbocycles. The van der Waals surface area contributed by atoms with E-state index in [1.807, 2.05) is 43.0 Å². The quantitative estimate of drug-likeness (QED) is 0.895. The van der Waals surface area contributed by atoms with Gasteiger partial charge in [0, 0.05) is 24.7 Å². The highest BCUT2D eigenvalue weighted by Gasteiger charge is 2.24. The summed E-state index contributed by atoms with van der Waals surface area (Å²) >= 11 is 0. The van der Waals surface area contributed by atoms with Crippen LogP contribution in [-0.2, 0) is 9.53 Å². The van der Waals surface area contributed by atoms with Gasteiger partial charge >= 0.3 is 0 Å². The number of carbonyl (C=O) groups is 1. The molecule has 5 heteroatoms. The highest BCUT2D eigenvalue weighted by Crippen LogP contribution is 2.24. The molecule has 21 heavy (non-hydrogen) atoms. The van der Waals surface area contributed by atoms with Crippen LogP contribution in [0.1, 0.15) is 25.5 Å². The Bertz CT molecular complexity index is 472. The molecular formula is C16H24N2O3. The molecule has 5 nitrogen and oxygen atoms in total. The largest absolute Gasteiger partial charge is 0.496 e. The molecule has 1 amide bonds. The number of hydrogen-bond donors (Lipinski definition) is 1. The molecule has 1 saturated heterocycles. The smallest absolute Gasteiger partial charge is 0.239 e. The van der Waals surface area contributed by atoms with Crippen LogP contribution in [0.15, 0.2) is 24.3 Å². The van der Waals surface area contributed by atoms with E-state index in [0.29, 0.717) is 26.3 Å². The van der Waals surface area contributed by atoms with Gasteiger partial charge in [0.25, 0.3) is 0 Å². The van der Waals surface area contributed by atoms with E-state index in [9.17, 15) is 4.79 Å². The van der Waals surface area contributed by atoms with E-state index in [4.69, 9.17) is 9.47 Å². The van der Waals surface area contributed by atoms with Gasteiger partial charge in [-0.2, -0.15) is 0 Å². The van der Waals surface area contributed by atoms with E-state index >= 15 is 0 Å². The first-order valence-corrected chi connectivity index (χ1v) is 7.39. The van der Waals surface area contributed by atoms with Crippen LogP contribution in [0.25, 0.3) is 0 Å². The van der Waals surface area contributed by atoms with Crippen molar-refractivity contribution in [3.63, 3.8) is 0 Å². The zero-order valence-electron chi connectivity index (χ0n) is 13.0. The number of rotatable bonds is 5. The van der Waals surface area contributed by atoms with Crippen LogP contribution in [-0.4, -0.2) is 50.3 Å². The number of methoxy groups -OCH3 is 1. The Balaban J connectivity index is 1.97. The summed E-state index contributed by atoms with van der Waals surface area (Å²) in [6.45, 7) is 6.55. The number of hydrogen-bond acceptors (Lipinski definition) is 4. The summed E-state index contributed by atoms with van der Waals surface area (Å²) in [5, 5.41) is 3.36. The molecule has 0 bridgehead atoms. The lowest BCUT2D eigenvalue weighted by atomic mass is 10.1. The lowest BCUT2D eigenvalue weighted by Gasteiger charge is -2.30. The van der Waals surface area contributed by atoms with Gasteiger partial charge in [-0.05, 0) is 19.9 Å². The first kappa shape index (κ1) is 15.8. The fraction of sp³-hybridized carbons (Fsp3) is 0.562. The number of carbonyl (C=O) groups excluding carboxylic acids is 1. The van der Waals surface area contributed by atoms with Gasteiger partial charge in [-0.3, -0.25) is 10.1 Å². The number of nitrogens with zero attached hydrogens (tertiary/aromatic N) is 1. The summed E-state index contributed by atoms with van der Waals surface area (Å²) in [5.41, 5.74) is 1.06. The van der Waals surface area contributed by atoms with Crippen LogP contribution in [0, 0.1) is 0 Å². The van der Waals surface area contributed by atoms with E-state index in [0.717, 1.165) is 11.3 Å². The number of amides is 1. The van der Waals surface area contributed by atoms with Crippen molar-refractivity contribution in [3.8, 4) is 5.75 Å². The minimum atomic E-state index is -0.233. The highest BCUT2D eigenvalue weighted by molar-refractivity contribution is 5.81. The van der Waals surface area contributed by atoms with Crippen LogP contribution in [0.5, 0.6) is 5.75 Å². The van der Waals surface area contributed by atoms with Gasteiger partial charge in [-0.1, -0.05) is 18.2 Å². The van der Waals surface area contributed by atoms with Crippen molar-refractivity contribution < 1.29 is 14.3 Å². The summed E-state index contributed by atoms with van der Waals surface area (Å²) < 4.78 is 10.7. The zero-order chi connectivity index (χ0) is 15.2. The maximum atomic E-state index is 12.4. The van der Waals surface area contributed by atoms with Crippen molar-refractivity contribution in [2.24, 2.45) is 0 Å². The summed E-state index contributed by atoms with van der Waals surface area (Å²) in [5.74, 6) is 0.962. The molecule has 1 aromatic rings. The molecular weight excluding hydrogens is 268 g/mol. The Morgan fingerprint density at radius 1 is 1.29 bits per heavy atom. The van der Waals surface area contributed by atoms with Crippen LogP contribution in [0.2, 0.25) is 0 Å². The van der Waals surface area contributed by atoms with Crippen LogP contribution >= 0.6 is 0 Å². The molecule has 2 rings (SSSR count). The van der Waals surface area contributed by atoms with Crippen molar-refractivity contribution in [2.45, 2.75) is 25.9 Å². The van der Waals surface area contributed by atoms with Crippen molar-refractivity contribution in [3.05, 3.63) is 29.8 Å². The lowest BCUT2D eigenvalue weighted by molar-refractivity contribution is -0.137. The monoisotopic (exact) mass is 292 g/mol. The Kier molecular flexibility index (Phi) is 5.59. The minimum Gasteiger partial charge on any atom is -0.496 e. The topological polar surface area (TPSA) is 50.8 Å². The third kappa shape index (κ3) is 3.95. The van der Waals surface area contributed by atoms with Crippen LogP contribution < -0.4 is 10.1 Å². The molecule has 116 valence electrons. The molecule has 0 spiro atoms. The maximum absolute atomic E-state index is 12.4. The van der Waals surface area contributed by atoms with Crippen molar-refractivity contribution in [1.82, 2.24) is 10.2 Å². The first-order valence-electron chi connectivity index (χ1n) is 7.39. The van der Waals surface area contributed by atoms with Gasteiger partial charge < -0.3 is 14.4 Å². The zero-order valence-corrected chi connectivity index (χ0v) is 13.0. The Hall–Kier alpha value is -1.59. The van der Waals surface area contributed by atoms with Crippen molar-refractivity contribution in [1.29, 1.82) is 0 Å². The Morgan fingerprint density at radius 2 is 1.95 bits per heavy atom. The summed E-state index contributed by atoms with van der Waals surface area (Å²) in [6, 6.07) is 7.68. The Labute approximate surface area is 126 Å². The van der Waals surface area contributed by atoms with Crippen molar-refractivity contribution >= 4 is 5.91 Å². The number of nitrogens with one attached hydrogen (secondary N) is 1. The SMILES string of the molecule is COc1ccccc1[C@@H](C)NC(C)C(=O)N1CCOCC1. The third-order valence-corrected chi connectivity index (χ3v) is 3.80. The molecule has 0 radical (unpaired) electrons. The number of morpholine rings is 1. The van der Waals surface area contributed by atoms with Gasteiger partial charge in [-0.25, -0.2) is 0 Å². The van der Waals surface area contributed by atoms with E-state index in [-0.39, 0.29) is 18.0 Å². The second-order valence-electron chi connectivity index (χ2n) is 5.29. The van der Waals surface area contributed by atoms with Crippen molar-refractivity contribution in [2.75, 3.05) is 33.4 Å². The van der Waals surface area contributed by atoms with Crippen LogP contribution in [0.3, 0.4) is 0 Å². The minimum absolute atomic E-state index is 0.0427. The summed E-state index contributed by atoms with van der Waals surface area (Å²) in [7, 11) is 1.66. The third-order valence-electron chi connectivity index (χ3n) is 3.80. The molecule has 1 unspecified atom stereocenters. The van der Waals surface area contributed by atoms with E-state index in [1.54, 1.807) is 7.11 Å². The summed E-state index contributed by atoms with van der Waals surface area (Å²) in [6.07, 6.45) is 0. The predicted octanol–water partition coefficient (Wildman–Crippen LogP) is 1.59. The summed E-state index contributed by atoms with van der Waals surface area (Å²) in [4.78, 5) is 14.3. The fourth-order valence-electron chi connectivity index (χ4n) is 2.62. The maximum Gasteiger partial charge on any atom is 0.239 e. The second kappa shape index (κ2) is 7.43. The molecule has 0 aromatic heterocycles. The molecule has 1 fully saturated rings. The molecule has 2 atom stereocenters. The average molecular weight is 292 g/mol. The standard InChI is InChI=1S/C16H24N2O3/c1-12(14-6-4-5-7-15(14)20-3)17-13(2)16(19)18-8-10-21-11-9-18/h4-7,12-13,17H,8-11H2,1-3H3/t12-,13?/m1/s1. The van der Waals surface area contributed by atoms with E-state index in [2.05, 4.69) is 5.32 Å². The number of benzene rings is 1. The Morgan fingerprint density at radius 3 is 2.62 bits per heavy atom. The fourth-order valence-corrected chi connectivity index (χ4v) is 2.62. The molecule has 1 heterocycles. The second-order valence-corrected chi connectivity index (χ2v) is 5.29. The average Bonchev–Trinajstić information content (AvgIpc) is 2.54. The predicted molar refractivity (Wildman–Crippen MR) is 81.4 cm³/mol. The van der Waals surface area contributed by atoms with Gasteiger partial charge in [0.15, 0.2) is 0 Å². The van der Waals surface area contributed by atoms with Gasteiger partial charge in [0.05, 0.1) is 26.4 Å². The molecule has 1 aromatic carbocycles. The van der Waals surface area contributed by atoms with E-state index < -0.39 is 0 Å². The lowest BCUT2D eigenvalue weighted by Crippen LogP contribution is -2.49. The van der Waals surface area contributed by atoms with Crippen LogP contribution in [0.4, 0.5) is 0 Å². The highest BCUT2D eigenvalue weighted by atomic mass is 16.5. The molecule has 0 saturated carbocycles. The molecule has 1 aliphatic heterocycles. The number of ether oxygens (including phenoxy) is 2. The van der Waals surface area contributed by atoms with Gasteiger partial charge in [-0.15, -0.1) is 0 Å². The van der Waals surface area contributed by atoms with E-state index in [1.165, 1.54) is 0 Å².